The first-order valence-corrected chi connectivity index (χ1v) is 8.11. The van der Waals surface area contributed by atoms with E-state index in [2.05, 4.69) is 31.1 Å². The maximum Gasteiger partial charge on any atom is 0.264 e. The van der Waals surface area contributed by atoms with Crippen molar-refractivity contribution in [3.05, 3.63) is 39.3 Å². The third-order valence-corrected chi connectivity index (χ3v) is 4.09. The molecule has 0 aromatic carbocycles. The molecule has 1 N–H and O–H groups in total. The molecule has 2 rings (SSSR count). The van der Waals surface area contributed by atoms with Gasteiger partial charge in [0.15, 0.2) is 17.5 Å². The molecular formula is C16H21N3O3S. The van der Waals surface area contributed by atoms with Crippen molar-refractivity contribution < 1.29 is 9.53 Å². The lowest BCUT2D eigenvalue weighted by Gasteiger charge is -2.14. The summed E-state index contributed by atoms with van der Waals surface area (Å²) in [5.74, 6) is -0.190. The first kappa shape index (κ1) is 17.2. The number of rotatable bonds is 4. The van der Waals surface area contributed by atoms with E-state index in [4.69, 9.17) is 4.74 Å². The summed E-state index contributed by atoms with van der Waals surface area (Å²) in [5, 5.41) is 5.14. The van der Waals surface area contributed by atoms with Gasteiger partial charge in [-0.3, -0.25) is 14.9 Å². The Labute approximate surface area is 139 Å². The van der Waals surface area contributed by atoms with Gasteiger partial charge in [0.2, 0.25) is 5.43 Å². The number of aryl methyl sites for hydroxylation is 2. The Morgan fingerprint density at radius 1 is 1.43 bits per heavy atom. The van der Waals surface area contributed by atoms with E-state index < -0.39 is 0 Å². The monoisotopic (exact) mass is 335 g/mol. The lowest BCUT2D eigenvalue weighted by atomic mass is 9.93. The number of pyridine rings is 1. The zero-order valence-electron chi connectivity index (χ0n) is 14.0. The molecule has 0 saturated heterocycles. The van der Waals surface area contributed by atoms with Gasteiger partial charge in [0, 0.05) is 35.8 Å². The van der Waals surface area contributed by atoms with Crippen molar-refractivity contribution in [2.75, 3.05) is 11.9 Å². The van der Waals surface area contributed by atoms with E-state index in [0.29, 0.717) is 5.13 Å². The van der Waals surface area contributed by atoms with E-state index in [1.54, 1.807) is 10.8 Å². The van der Waals surface area contributed by atoms with Crippen LogP contribution in [0.2, 0.25) is 0 Å². The highest BCUT2D eigenvalue weighted by Crippen LogP contribution is 2.26. The number of nitrogens with one attached hydrogen (secondary N) is 1. The fourth-order valence-electron chi connectivity index (χ4n) is 1.79. The quantitative estimate of drug-likeness (QED) is 0.931. The van der Waals surface area contributed by atoms with Crippen molar-refractivity contribution in [3.8, 4) is 5.75 Å². The first-order valence-electron chi connectivity index (χ1n) is 7.23. The Morgan fingerprint density at radius 2 is 2.13 bits per heavy atom. The van der Waals surface area contributed by atoms with Crippen LogP contribution < -0.4 is 15.5 Å². The Hall–Kier alpha value is -2.15. The van der Waals surface area contributed by atoms with E-state index in [9.17, 15) is 9.59 Å². The standard InChI is InChI=1S/C16H21N3O3S/c1-10-6-11(20)12(7-19(10)5)22-8-14(21)18-15-17-13(9-23-15)16(2,3)4/h6-7,9H,8H2,1-5H3,(H,17,18,21). The van der Waals surface area contributed by atoms with Gasteiger partial charge in [-0.1, -0.05) is 20.8 Å². The minimum absolute atomic E-state index is 0.0654. The van der Waals surface area contributed by atoms with E-state index in [1.807, 2.05) is 19.4 Å². The van der Waals surface area contributed by atoms with Crippen molar-refractivity contribution in [3.63, 3.8) is 0 Å². The molecule has 0 aliphatic heterocycles. The lowest BCUT2D eigenvalue weighted by Crippen LogP contribution is -2.23. The molecule has 2 aromatic heterocycles. The fourth-order valence-corrected chi connectivity index (χ4v) is 2.74. The topological polar surface area (TPSA) is 73.2 Å². The molecule has 2 heterocycles. The summed E-state index contributed by atoms with van der Waals surface area (Å²) in [4.78, 5) is 28.1. The molecule has 0 atom stereocenters. The largest absolute Gasteiger partial charge is 0.478 e. The van der Waals surface area contributed by atoms with Gasteiger partial charge in [-0.05, 0) is 6.92 Å². The summed E-state index contributed by atoms with van der Waals surface area (Å²) in [6.45, 7) is 7.77. The lowest BCUT2D eigenvalue weighted by molar-refractivity contribution is -0.118. The van der Waals surface area contributed by atoms with Gasteiger partial charge >= 0.3 is 0 Å². The highest BCUT2D eigenvalue weighted by atomic mass is 32.1. The molecule has 0 saturated carbocycles. The van der Waals surface area contributed by atoms with Crippen molar-refractivity contribution in [2.24, 2.45) is 7.05 Å². The van der Waals surface area contributed by atoms with Gasteiger partial charge in [0.05, 0.1) is 5.69 Å². The minimum atomic E-state index is -0.345. The summed E-state index contributed by atoms with van der Waals surface area (Å²) in [5.41, 5.74) is 1.44. The van der Waals surface area contributed by atoms with Gasteiger partial charge in [0.1, 0.15) is 0 Å². The van der Waals surface area contributed by atoms with Crippen molar-refractivity contribution >= 4 is 22.4 Å². The van der Waals surface area contributed by atoms with Crippen molar-refractivity contribution in [2.45, 2.75) is 33.1 Å². The molecule has 1 amide bonds. The molecule has 0 aliphatic rings. The summed E-state index contributed by atoms with van der Waals surface area (Å²) in [6.07, 6.45) is 1.58. The number of hydrogen-bond donors (Lipinski definition) is 1. The van der Waals surface area contributed by atoms with Crippen LogP contribution in [0, 0.1) is 6.92 Å². The molecule has 23 heavy (non-hydrogen) atoms. The van der Waals surface area contributed by atoms with Gasteiger partial charge in [-0.25, -0.2) is 4.98 Å². The van der Waals surface area contributed by atoms with Crippen molar-refractivity contribution in [1.82, 2.24) is 9.55 Å². The summed E-state index contributed by atoms with van der Waals surface area (Å²) < 4.78 is 7.08. The maximum absolute atomic E-state index is 11.9. The molecule has 7 heteroatoms. The first-order chi connectivity index (χ1) is 10.7. The third-order valence-electron chi connectivity index (χ3n) is 3.33. The Balaban J connectivity index is 1.97. The zero-order valence-corrected chi connectivity index (χ0v) is 14.8. The predicted molar refractivity (Wildman–Crippen MR) is 91.4 cm³/mol. The van der Waals surface area contributed by atoms with Crippen LogP contribution >= 0.6 is 11.3 Å². The smallest absolute Gasteiger partial charge is 0.264 e. The van der Waals surface area contributed by atoms with Crippen LogP contribution in [0.3, 0.4) is 0 Å². The summed E-state index contributed by atoms with van der Waals surface area (Å²) >= 11 is 1.37. The highest BCUT2D eigenvalue weighted by Gasteiger charge is 2.18. The molecule has 0 radical (unpaired) electrons. The Morgan fingerprint density at radius 3 is 2.74 bits per heavy atom. The molecule has 0 spiro atoms. The molecular weight excluding hydrogens is 314 g/mol. The van der Waals surface area contributed by atoms with Crippen LogP contribution in [0.5, 0.6) is 5.75 Å². The van der Waals surface area contributed by atoms with Gasteiger partial charge < -0.3 is 9.30 Å². The number of carbonyl (C=O) groups is 1. The number of carbonyl (C=O) groups excluding carboxylic acids is 1. The van der Waals surface area contributed by atoms with E-state index in [-0.39, 0.29) is 29.1 Å². The molecule has 0 fully saturated rings. The van der Waals surface area contributed by atoms with Crippen LogP contribution in [0.1, 0.15) is 32.2 Å². The number of hydrogen-bond acceptors (Lipinski definition) is 5. The average Bonchev–Trinajstić information content (AvgIpc) is 2.90. The second kappa shape index (κ2) is 6.54. The molecule has 0 aliphatic carbocycles. The Bertz CT molecular complexity index is 772. The SMILES string of the molecule is Cc1cc(=O)c(OCC(=O)Nc2nc(C(C)(C)C)cs2)cn1C. The van der Waals surface area contributed by atoms with Crippen LogP contribution in [0.4, 0.5) is 5.13 Å². The molecule has 0 unspecified atom stereocenters. The fraction of sp³-hybridized carbons (Fsp3) is 0.438. The molecule has 0 bridgehead atoms. The molecule has 124 valence electrons. The van der Waals surface area contributed by atoms with E-state index in [1.165, 1.54) is 17.4 Å². The highest BCUT2D eigenvalue weighted by molar-refractivity contribution is 7.13. The summed E-state index contributed by atoms with van der Waals surface area (Å²) in [6, 6.07) is 1.48. The predicted octanol–water partition coefficient (Wildman–Crippen LogP) is 2.47. The van der Waals surface area contributed by atoms with Gasteiger partial charge in [-0.15, -0.1) is 11.3 Å². The van der Waals surface area contributed by atoms with Gasteiger partial charge in [0.25, 0.3) is 5.91 Å². The zero-order chi connectivity index (χ0) is 17.2. The van der Waals surface area contributed by atoms with Crippen LogP contribution in [0.25, 0.3) is 0 Å². The number of anilines is 1. The number of thiazole rings is 1. The van der Waals surface area contributed by atoms with Crippen LogP contribution in [-0.4, -0.2) is 22.1 Å². The van der Waals surface area contributed by atoms with E-state index in [0.717, 1.165) is 11.4 Å². The number of aromatic nitrogens is 2. The maximum atomic E-state index is 11.9. The number of amides is 1. The molecule has 2 aromatic rings. The minimum Gasteiger partial charge on any atom is -0.478 e. The van der Waals surface area contributed by atoms with Crippen LogP contribution in [0.15, 0.2) is 22.4 Å². The average molecular weight is 335 g/mol. The van der Waals surface area contributed by atoms with E-state index >= 15 is 0 Å². The summed E-state index contributed by atoms with van der Waals surface area (Å²) in [7, 11) is 1.81. The number of ether oxygens (including phenoxy) is 1. The second-order valence-electron chi connectivity index (χ2n) is 6.38. The second-order valence-corrected chi connectivity index (χ2v) is 7.24. The Kier molecular flexibility index (Phi) is 4.89. The molecule has 6 nitrogen and oxygen atoms in total. The van der Waals surface area contributed by atoms with Crippen LogP contribution in [-0.2, 0) is 17.3 Å². The van der Waals surface area contributed by atoms with Crippen molar-refractivity contribution in [1.29, 1.82) is 0 Å². The third kappa shape index (κ3) is 4.41. The van der Waals surface area contributed by atoms with Gasteiger partial charge in [-0.2, -0.15) is 0 Å². The normalized spacial score (nSPS) is 11.3. The number of nitrogens with zero attached hydrogens (tertiary/aromatic N) is 2.